The zero-order valence-electron chi connectivity index (χ0n) is 14.1. The summed E-state index contributed by atoms with van der Waals surface area (Å²) < 4.78 is 28.4. The van der Waals surface area contributed by atoms with Crippen molar-refractivity contribution in [3.05, 3.63) is 65.2 Å². The van der Waals surface area contributed by atoms with Crippen molar-refractivity contribution in [3.8, 4) is 5.75 Å². The van der Waals surface area contributed by atoms with E-state index in [1.165, 1.54) is 23.0 Å². The molecule has 0 fully saturated rings. The minimum atomic E-state index is -3.14. The summed E-state index contributed by atoms with van der Waals surface area (Å²) in [6, 6.07) is 15.5. The molecule has 3 rings (SSSR count). The van der Waals surface area contributed by atoms with Crippen molar-refractivity contribution >= 4 is 15.4 Å². The molecule has 0 bridgehead atoms. The molecule has 0 N–H and O–H groups in total. The van der Waals surface area contributed by atoms with Gasteiger partial charge in [0.15, 0.2) is 9.84 Å². The second-order valence-corrected chi connectivity index (χ2v) is 8.27. The predicted octanol–water partition coefficient (Wildman–Crippen LogP) is 4.28. The summed E-state index contributed by atoms with van der Waals surface area (Å²) in [4.78, 5) is 0.376. The SMILES string of the molecule is COc1ccc(CC2=C(c3ccc(S(C)(=O)=O)cc3)CCC2)cc1. The maximum Gasteiger partial charge on any atom is 0.175 e. The first kappa shape index (κ1) is 16.8. The smallest absolute Gasteiger partial charge is 0.175 e. The van der Waals surface area contributed by atoms with Crippen LogP contribution in [0.5, 0.6) is 5.75 Å². The van der Waals surface area contributed by atoms with E-state index in [1.54, 1.807) is 19.2 Å². The Morgan fingerprint density at radius 3 is 2.21 bits per heavy atom. The van der Waals surface area contributed by atoms with E-state index in [9.17, 15) is 8.42 Å². The van der Waals surface area contributed by atoms with Crippen molar-refractivity contribution < 1.29 is 13.2 Å². The number of rotatable bonds is 5. The molecule has 0 saturated heterocycles. The van der Waals surface area contributed by atoms with Crippen LogP contribution in [0.15, 0.2) is 59.0 Å². The number of sulfone groups is 1. The maximum absolute atomic E-state index is 11.6. The van der Waals surface area contributed by atoms with Gasteiger partial charge in [-0.25, -0.2) is 8.42 Å². The molecule has 0 aliphatic heterocycles. The molecule has 2 aromatic carbocycles. The third-order valence-corrected chi connectivity index (χ3v) is 5.67. The second kappa shape index (κ2) is 6.81. The quantitative estimate of drug-likeness (QED) is 0.814. The largest absolute Gasteiger partial charge is 0.497 e. The number of hydrogen-bond donors (Lipinski definition) is 0. The molecule has 1 aliphatic carbocycles. The van der Waals surface area contributed by atoms with Gasteiger partial charge in [0.05, 0.1) is 12.0 Å². The Morgan fingerprint density at radius 2 is 1.62 bits per heavy atom. The van der Waals surface area contributed by atoms with Crippen LogP contribution < -0.4 is 4.74 Å². The van der Waals surface area contributed by atoms with Crippen LogP contribution in [0.4, 0.5) is 0 Å². The molecule has 0 spiro atoms. The van der Waals surface area contributed by atoms with Gasteiger partial charge in [0, 0.05) is 6.26 Å². The van der Waals surface area contributed by atoms with E-state index in [0.717, 1.165) is 37.0 Å². The highest BCUT2D eigenvalue weighted by atomic mass is 32.2. The maximum atomic E-state index is 11.6. The first-order valence-electron chi connectivity index (χ1n) is 8.12. The Morgan fingerprint density at radius 1 is 0.958 bits per heavy atom. The van der Waals surface area contributed by atoms with Crippen molar-refractivity contribution in [1.82, 2.24) is 0 Å². The molecule has 3 nitrogen and oxygen atoms in total. The number of allylic oxidation sites excluding steroid dienone is 2. The Kier molecular flexibility index (Phi) is 4.76. The lowest BCUT2D eigenvalue weighted by Crippen LogP contribution is -1.97. The first-order valence-corrected chi connectivity index (χ1v) is 10.0. The third-order valence-electron chi connectivity index (χ3n) is 4.54. The van der Waals surface area contributed by atoms with Crippen LogP contribution in [0, 0.1) is 0 Å². The zero-order chi connectivity index (χ0) is 17.2. The van der Waals surface area contributed by atoms with Crippen LogP contribution >= 0.6 is 0 Å². The van der Waals surface area contributed by atoms with Gasteiger partial charge >= 0.3 is 0 Å². The molecule has 0 aromatic heterocycles. The van der Waals surface area contributed by atoms with Crippen LogP contribution in [-0.4, -0.2) is 21.8 Å². The average molecular weight is 342 g/mol. The van der Waals surface area contributed by atoms with Gasteiger partial charge in [-0.15, -0.1) is 0 Å². The van der Waals surface area contributed by atoms with E-state index < -0.39 is 9.84 Å². The van der Waals surface area contributed by atoms with Crippen molar-refractivity contribution in [2.24, 2.45) is 0 Å². The van der Waals surface area contributed by atoms with Crippen LogP contribution in [0.25, 0.3) is 5.57 Å². The minimum Gasteiger partial charge on any atom is -0.497 e. The lowest BCUT2D eigenvalue weighted by molar-refractivity contribution is 0.414. The monoisotopic (exact) mass is 342 g/mol. The molecule has 0 unspecified atom stereocenters. The van der Waals surface area contributed by atoms with Gasteiger partial charge < -0.3 is 4.74 Å². The lowest BCUT2D eigenvalue weighted by atomic mass is 9.97. The summed E-state index contributed by atoms with van der Waals surface area (Å²) in [5, 5.41) is 0. The number of ether oxygens (including phenoxy) is 1. The molecule has 0 heterocycles. The molecule has 4 heteroatoms. The number of hydrogen-bond acceptors (Lipinski definition) is 3. The van der Waals surface area contributed by atoms with Gasteiger partial charge in [-0.2, -0.15) is 0 Å². The summed E-state index contributed by atoms with van der Waals surface area (Å²) in [5.74, 6) is 0.871. The molecule has 0 amide bonds. The van der Waals surface area contributed by atoms with Gasteiger partial charge in [-0.3, -0.25) is 0 Å². The fourth-order valence-corrected chi connectivity index (χ4v) is 3.87. The highest BCUT2D eigenvalue weighted by Gasteiger charge is 2.17. The van der Waals surface area contributed by atoms with E-state index >= 15 is 0 Å². The average Bonchev–Trinajstić information content (AvgIpc) is 3.03. The molecule has 126 valence electrons. The topological polar surface area (TPSA) is 43.4 Å². The highest BCUT2D eigenvalue weighted by Crippen LogP contribution is 2.36. The van der Waals surface area contributed by atoms with Crippen LogP contribution in [0.2, 0.25) is 0 Å². The van der Waals surface area contributed by atoms with Crippen molar-refractivity contribution in [3.63, 3.8) is 0 Å². The Balaban J connectivity index is 1.86. The fourth-order valence-electron chi connectivity index (χ4n) is 3.24. The van der Waals surface area contributed by atoms with Crippen LogP contribution in [0.3, 0.4) is 0 Å². The summed E-state index contributed by atoms with van der Waals surface area (Å²) >= 11 is 0. The van der Waals surface area contributed by atoms with Gasteiger partial charge in [-0.05, 0) is 66.6 Å². The Hall–Kier alpha value is -2.07. The molecule has 0 saturated carbocycles. The molecule has 24 heavy (non-hydrogen) atoms. The van der Waals surface area contributed by atoms with Crippen molar-refractivity contribution in [2.75, 3.05) is 13.4 Å². The van der Waals surface area contributed by atoms with Crippen molar-refractivity contribution in [1.29, 1.82) is 0 Å². The minimum absolute atomic E-state index is 0.376. The molecule has 1 aliphatic rings. The third kappa shape index (κ3) is 3.70. The van der Waals surface area contributed by atoms with Gasteiger partial charge in [-0.1, -0.05) is 29.8 Å². The normalized spacial score (nSPS) is 14.9. The van der Waals surface area contributed by atoms with Crippen molar-refractivity contribution in [2.45, 2.75) is 30.6 Å². The molecule has 0 radical (unpaired) electrons. The fraction of sp³-hybridized carbons (Fsp3) is 0.300. The summed E-state index contributed by atoms with van der Waals surface area (Å²) in [5.41, 5.74) is 5.24. The molecule has 2 aromatic rings. The summed E-state index contributed by atoms with van der Waals surface area (Å²) in [7, 11) is -1.47. The molecule has 0 atom stereocenters. The summed E-state index contributed by atoms with van der Waals surface area (Å²) in [6.45, 7) is 0. The molecular formula is C20H22O3S. The van der Waals surface area contributed by atoms with Gasteiger partial charge in [0.1, 0.15) is 5.75 Å². The second-order valence-electron chi connectivity index (χ2n) is 6.26. The lowest BCUT2D eigenvalue weighted by Gasteiger charge is -2.10. The first-order chi connectivity index (χ1) is 11.5. The van der Waals surface area contributed by atoms with E-state index in [2.05, 4.69) is 12.1 Å². The zero-order valence-corrected chi connectivity index (χ0v) is 14.9. The van der Waals surface area contributed by atoms with E-state index in [1.807, 2.05) is 24.3 Å². The van der Waals surface area contributed by atoms with Crippen LogP contribution in [0.1, 0.15) is 30.4 Å². The Labute approximate surface area is 143 Å². The Bertz CT molecular complexity index is 845. The van der Waals surface area contributed by atoms with Crippen LogP contribution in [-0.2, 0) is 16.3 Å². The number of methoxy groups -OCH3 is 1. The van der Waals surface area contributed by atoms with E-state index in [0.29, 0.717) is 4.90 Å². The van der Waals surface area contributed by atoms with Gasteiger partial charge in [0.25, 0.3) is 0 Å². The predicted molar refractivity (Wildman–Crippen MR) is 97.0 cm³/mol. The van der Waals surface area contributed by atoms with E-state index in [-0.39, 0.29) is 0 Å². The summed E-state index contributed by atoms with van der Waals surface area (Å²) in [6.07, 6.45) is 5.51. The number of benzene rings is 2. The highest BCUT2D eigenvalue weighted by molar-refractivity contribution is 7.90. The molecular weight excluding hydrogens is 320 g/mol. The van der Waals surface area contributed by atoms with Gasteiger partial charge in [0.2, 0.25) is 0 Å². The van der Waals surface area contributed by atoms with E-state index in [4.69, 9.17) is 4.74 Å². The standard InChI is InChI=1S/C20H22O3S/c1-23-18-10-6-15(7-11-18)14-17-4-3-5-20(17)16-8-12-19(13-9-16)24(2,21)22/h6-13H,3-5,14H2,1-2H3.